The molecule has 0 spiro atoms. The molecule has 1 aromatic carbocycles. The summed E-state index contributed by atoms with van der Waals surface area (Å²) in [4.78, 5) is 10.9. The number of carbonyl (C=O) groups is 1. The summed E-state index contributed by atoms with van der Waals surface area (Å²) >= 11 is 0. The molecule has 0 aliphatic carbocycles. The Labute approximate surface area is 74.1 Å². The van der Waals surface area contributed by atoms with Crippen LogP contribution in [0.1, 0.15) is 15.9 Å². The zero-order chi connectivity index (χ0) is 9.84. The molecule has 1 aromatic rings. The first-order valence-electron chi connectivity index (χ1n) is 3.52. The van der Waals surface area contributed by atoms with Gasteiger partial charge in [0.1, 0.15) is 0 Å². The Balaban J connectivity index is 2.87. The molecule has 0 bridgehead atoms. The van der Waals surface area contributed by atoms with Crippen LogP contribution in [0, 0.1) is 6.43 Å². The number of halogens is 2. The fourth-order valence-electron chi connectivity index (χ4n) is 0.850. The molecule has 4 heteroatoms. The van der Waals surface area contributed by atoms with Crippen molar-refractivity contribution < 1.29 is 18.3 Å². The van der Waals surface area contributed by atoms with Crippen molar-refractivity contribution in [1.29, 1.82) is 0 Å². The van der Waals surface area contributed by atoms with Crippen molar-refractivity contribution in [2.45, 2.75) is 0 Å². The summed E-state index contributed by atoms with van der Waals surface area (Å²) in [5, 5.41) is 0. The zero-order valence-electron chi connectivity index (χ0n) is 6.88. The molecule has 1 radical (unpaired) electrons. The molecule has 0 unspecified atom stereocenters. The SMILES string of the molecule is COC(=O)c1ccc([C](F)F)cc1. The number of benzene rings is 1. The maximum atomic E-state index is 12.0. The molecular weight excluding hydrogens is 178 g/mol. The molecule has 0 saturated carbocycles. The minimum Gasteiger partial charge on any atom is -0.465 e. The number of methoxy groups -OCH3 is 1. The predicted octanol–water partition coefficient (Wildman–Crippen LogP) is 2.25. The number of rotatable bonds is 2. The van der Waals surface area contributed by atoms with Crippen LogP contribution in [0.15, 0.2) is 24.3 Å². The highest BCUT2D eigenvalue weighted by Gasteiger charge is 2.10. The normalized spacial score (nSPS) is 10.2. The lowest BCUT2D eigenvalue weighted by molar-refractivity contribution is 0.0600. The second-order valence-electron chi connectivity index (χ2n) is 2.33. The summed E-state index contributed by atoms with van der Waals surface area (Å²) in [7, 11) is 1.23. The fraction of sp³-hybridized carbons (Fsp3) is 0.111. The lowest BCUT2D eigenvalue weighted by atomic mass is 10.1. The Morgan fingerprint density at radius 2 is 1.62 bits per heavy atom. The third kappa shape index (κ3) is 2.24. The van der Waals surface area contributed by atoms with Gasteiger partial charge in [-0.25, -0.2) is 4.79 Å². The van der Waals surface area contributed by atoms with Crippen LogP contribution in [-0.4, -0.2) is 13.1 Å². The molecule has 0 amide bonds. The molecule has 0 heterocycles. The Morgan fingerprint density at radius 3 is 2.00 bits per heavy atom. The summed E-state index contributed by atoms with van der Waals surface area (Å²) in [5.41, 5.74) is 0.0696. The van der Waals surface area contributed by atoms with E-state index in [1.54, 1.807) is 0 Å². The average Bonchev–Trinajstić information content (AvgIpc) is 2.17. The van der Waals surface area contributed by atoms with Gasteiger partial charge in [0.25, 0.3) is 0 Å². The summed E-state index contributed by atoms with van der Waals surface area (Å²) < 4.78 is 28.4. The molecule has 0 aliphatic rings. The van der Waals surface area contributed by atoms with E-state index in [0.29, 0.717) is 0 Å². The molecule has 0 N–H and O–H groups in total. The van der Waals surface area contributed by atoms with Crippen molar-refractivity contribution in [3.05, 3.63) is 41.8 Å². The van der Waals surface area contributed by atoms with Gasteiger partial charge >= 0.3 is 12.4 Å². The second-order valence-corrected chi connectivity index (χ2v) is 2.33. The maximum Gasteiger partial charge on any atom is 0.339 e. The highest BCUT2D eigenvalue weighted by Crippen LogP contribution is 2.17. The van der Waals surface area contributed by atoms with Gasteiger partial charge in [-0.2, -0.15) is 8.78 Å². The van der Waals surface area contributed by atoms with Crippen LogP contribution in [0.5, 0.6) is 0 Å². The lowest BCUT2D eigenvalue weighted by Crippen LogP contribution is -2.00. The van der Waals surface area contributed by atoms with Gasteiger partial charge in [-0.3, -0.25) is 0 Å². The molecule has 0 aromatic heterocycles. The van der Waals surface area contributed by atoms with Crippen molar-refractivity contribution in [2.75, 3.05) is 7.11 Å². The molecule has 2 nitrogen and oxygen atoms in total. The van der Waals surface area contributed by atoms with Crippen LogP contribution in [0.4, 0.5) is 8.78 Å². The first-order valence-corrected chi connectivity index (χ1v) is 3.52. The van der Waals surface area contributed by atoms with Gasteiger partial charge in [0.2, 0.25) is 0 Å². The van der Waals surface area contributed by atoms with Gasteiger partial charge in [0.05, 0.1) is 12.7 Å². The first-order chi connectivity index (χ1) is 6.15. The van der Waals surface area contributed by atoms with E-state index in [0.717, 1.165) is 0 Å². The van der Waals surface area contributed by atoms with Crippen LogP contribution < -0.4 is 0 Å². The van der Waals surface area contributed by atoms with E-state index in [-0.39, 0.29) is 11.1 Å². The zero-order valence-corrected chi connectivity index (χ0v) is 6.88. The largest absolute Gasteiger partial charge is 0.465 e. The number of hydrogen-bond acceptors (Lipinski definition) is 2. The second kappa shape index (κ2) is 3.98. The Bertz CT molecular complexity index is 293. The van der Waals surface area contributed by atoms with Gasteiger partial charge < -0.3 is 4.74 Å². The highest BCUT2D eigenvalue weighted by atomic mass is 19.3. The molecule has 0 saturated heterocycles. The monoisotopic (exact) mass is 185 g/mol. The van der Waals surface area contributed by atoms with E-state index in [2.05, 4.69) is 4.74 Å². The molecule has 13 heavy (non-hydrogen) atoms. The Kier molecular flexibility index (Phi) is 2.95. The fourth-order valence-corrected chi connectivity index (χ4v) is 0.850. The smallest absolute Gasteiger partial charge is 0.339 e. The van der Waals surface area contributed by atoms with Crippen LogP contribution in [0.3, 0.4) is 0 Å². The van der Waals surface area contributed by atoms with Crippen LogP contribution in [0.25, 0.3) is 0 Å². The van der Waals surface area contributed by atoms with Gasteiger partial charge in [-0.1, -0.05) is 12.1 Å². The molecule has 0 atom stereocenters. The summed E-state index contributed by atoms with van der Waals surface area (Å²) in [5.74, 6) is -0.536. The van der Waals surface area contributed by atoms with Crippen molar-refractivity contribution in [3.8, 4) is 0 Å². The lowest BCUT2D eigenvalue weighted by Gasteiger charge is -2.00. The van der Waals surface area contributed by atoms with E-state index in [4.69, 9.17) is 0 Å². The van der Waals surface area contributed by atoms with Crippen LogP contribution >= 0.6 is 0 Å². The molecule has 69 valence electrons. The minimum absolute atomic E-state index is 0.187. The van der Waals surface area contributed by atoms with Crippen molar-refractivity contribution >= 4 is 5.97 Å². The summed E-state index contributed by atoms with van der Waals surface area (Å²) in [6.45, 7) is 0. The number of hydrogen-bond donors (Lipinski definition) is 0. The summed E-state index contributed by atoms with van der Waals surface area (Å²) in [6.07, 6.45) is -1.77. The maximum absolute atomic E-state index is 12.0. The van der Waals surface area contributed by atoms with Crippen molar-refractivity contribution in [1.82, 2.24) is 0 Å². The van der Waals surface area contributed by atoms with Crippen LogP contribution in [0.2, 0.25) is 0 Å². The average molecular weight is 185 g/mol. The van der Waals surface area contributed by atoms with E-state index in [1.165, 1.54) is 31.4 Å². The van der Waals surface area contributed by atoms with Gasteiger partial charge in [0, 0.05) is 5.56 Å². The standard InChI is InChI=1S/C9H7F2O2/c1-13-9(12)7-4-2-6(3-5-7)8(10)11/h2-5H,1H3. The van der Waals surface area contributed by atoms with Gasteiger partial charge in [0.15, 0.2) is 0 Å². The molecule has 0 aliphatic heterocycles. The van der Waals surface area contributed by atoms with Crippen molar-refractivity contribution in [2.24, 2.45) is 0 Å². The van der Waals surface area contributed by atoms with E-state index < -0.39 is 12.4 Å². The van der Waals surface area contributed by atoms with E-state index in [9.17, 15) is 13.6 Å². The molecule has 0 fully saturated rings. The third-order valence-electron chi connectivity index (χ3n) is 1.52. The molecule has 1 rings (SSSR count). The molecular formula is C9H7F2O2. The number of carbonyl (C=O) groups excluding carboxylic acids is 1. The summed E-state index contributed by atoms with van der Waals surface area (Å²) in [6, 6.07) is 4.92. The van der Waals surface area contributed by atoms with Gasteiger partial charge in [-0.05, 0) is 12.1 Å². The van der Waals surface area contributed by atoms with E-state index in [1.807, 2.05) is 0 Å². The first kappa shape index (κ1) is 9.64. The van der Waals surface area contributed by atoms with Crippen molar-refractivity contribution in [3.63, 3.8) is 0 Å². The Hall–Kier alpha value is -1.45. The number of ether oxygens (including phenoxy) is 1. The number of esters is 1. The topological polar surface area (TPSA) is 26.3 Å². The highest BCUT2D eigenvalue weighted by molar-refractivity contribution is 5.89. The third-order valence-corrected chi connectivity index (χ3v) is 1.52. The van der Waals surface area contributed by atoms with E-state index >= 15 is 0 Å². The predicted molar refractivity (Wildman–Crippen MR) is 42.3 cm³/mol. The quantitative estimate of drug-likeness (QED) is 0.660. The Morgan fingerprint density at radius 1 is 1.15 bits per heavy atom. The van der Waals surface area contributed by atoms with Crippen LogP contribution in [-0.2, 0) is 4.74 Å². The van der Waals surface area contributed by atoms with Gasteiger partial charge in [-0.15, -0.1) is 0 Å². The minimum atomic E-state index is -1.77.